The molecule has 1 aliphatic heterocycles. The Morgan fingerprint density at radius 1 is 0.667 bits per heavy atom. The van der Waals surface area contributed by atoms with E-state index < -0.39 is 35.6 Å². The first kappa shape index (κ1) is 23.6. The maximum atomic E-state index is 12.1. The lowest BCUT2D eigenvalue weighted by molar-refractivity contribution is -0.384. The Kier molecular flexibility index (Phi) is 6.98. The standard InChI is InChI=1S/C28H32O5/c1-20-24(29)25(30)26(31)28(32,33-20)27(17-21-11-5-2-6-12-21,18-22-13-7-3-8-14-22)19-23-15-9-4-10-16-23/h2-16,20,24-26,29-32H,17-19H2,1H3/t20-,24+,25+,26-,28-/m1/s1. The minimum Gasteiger partial charge on any atom is -0.388 e. The first-order chi connectivity index (χ1) is 15.8. The molecule has 0 amide bonds. The van der Waals surface area contributed by atoms with Crippen molar-refractivity contribution in [3.63, 3.8) is 0 Å². The van der Waals surface area contributed by atoms with Crippen molar-refractivity contribution in [1.82, 2.24) is 0 Å². The molecular formula is C28H32O5. The van der Waals surface area contributed by atoms with Crippen molar-refractivity contribution < 1.29 is 25.2 Å². The van der Waals surface area contributed by atoms with E-state index >= 15 is 0 Å². The Labute approximate surface area is 194 Å². The van der Waals surface area contributed by atoms with Crippen LogP contribution in [0, 0.1) is 5.41 Å². The summed E-state index contributed by atoms with van der Waals surface area (Å²) in [5.74, 6) is -2.12. The molecule has 1 heterocycles. The molecule has 33 heavy (non-hydrogen) atoms. The number of aliphatic hydroxyl groups is 4. The van der Waals surface area contributed by atoms with Crippen LogP contribution < -0.4 is 0 Å². The summed E-state index contributed by atoms with van der Waals surface area (Å²) in [5, 5.41) is 44.3. The average Bonchev–Trinajstić information content (AvgIpc) is 2.83. The molecule has 5 heteroatoms. The monoisotopic (exact) mass is 448 g/mol. The quantitative estimate of drug-likeness (QED) is 0.446. The van der Waals surface area contributed by atoms with Gasteiger partial charge in [0.05, 0.1) is 6.10 Å². The predicted molar refractivity (Wildman–Crippen MR) is 126 cm³/mol. The zero-order chi connectivity index (χ0) is 23.5. The molecule has 3 aromatic rings. The van der Waals surface area contributed by atoms with E-state index in [1.54, 1.807) is 6.92 Å². The van der Waals surface area contributed by atoms with Crippen LogP contribution >= 0.6 is 0 Å². The van der Waals surface area contributed by atoms with E-state index in [0.29, 0.717) is 19.3 Å². The SMILES string of the molecule is C[C@H]1O[C@@](O)(C(Cc2ccccc2)(Cc2ccccc2)Cc2ccccc2)[C@H](O)[C@@H](O)[C@H]1O. The van der Waals surface area contributed by atoms with Crippen LogP contribution in [0.3, 0.4) is 0 Å². The zero-order valence-electron chi connectivity index (χ0n) is 18.8. The normalized spacial score (nSPS) is 27.9. The van der Waals surface area contributed by atoms with E-state index in [2.05, 4.69) is 0 Å². The first-order valence-corrected chi connectivity index (χ1v) is 11.4. The van der Waals surface area contributed by atoms with Gasteiger partial charge < -0.3 is 25.2 Å². The van der Waals surface area contributed by atoms with Gasteiger partial charge in [-0.1, -0.05) is 91.0 Å². The molecule has 0 radical (unpaired) electrons. The smallest absolute Gasteiger partial charge is 0.201 e. The summed E-state index contributed by atoms with van der Waals surface area (Å²) in [6, 6.07) is 29.3. The van der Waals surface area contributed by atoms with Crippen LogP contribution in [0.2, 0.25) is 0 Å². The molecular weight excluding hydrogens is 416 g/mol. The molecule has 0 aliphatic carbocycles. The van der Waals surface area contributed by atoms with Gasteiger partial charge in [-0.25, -0.2) is 0 Å². The van der Waals surface area contributed by atoms with Crippen molar-refractivity contribution in [3.8, 4) is 0 Å². The third-order valence-electron chi connectivity index (χ3n) is 6.84. The molecule has 0 spiro atoms. The molecule has 1 aliphatic rings. The summed E-state index contributed by atoms with van der Waals surface area (Å²) in [6.45, 7) is 1.60. The highest BCUT2D eigenvalue weighted by Gasteiger charge is 2.62. The fourth-order valence-corrected chi connectivity index (χ4v) is 5.08. The molecule has 0 unspecified atom stereocenters. The van der Waals surface area contributed by atoms with Crippen molar-refractivity contribution in [2.45, 2.75) is 56.4 Å². The molecule has 1 saturated heterocycles. The van der Waals surface area contributed by atoms with E-state index in [0.717, 1.165) is 16.7 Å². The number of hydrogen-bond acceptors (Lipinski definition) is 5. The van der Waals surface area contributed by atoms with E-state index in [4.69, 9.17) is 4.74 Å². The number of aliphatic hydroxyl groups excluding tert-OH is 3. The molecule has 4 N–H and O–H groups in total. The Bertz CT molecular complexity index is 909. The third kappa shape index (κ3) is 4.74. The van der Waals surface area contributed by atoms with Crippen molar-refractivity contribution in [1.29, 1.82) is 0 Å². The maximum Gasteiger partial charge on any atom is 0.201 e. The molecule has 5 nitrogen and oxygen atoms in total. The molecule has 0 aromatic heterocycles. The minimum atomic E-state index is -2.12. The van der Waals surface area contributed by atoms with Crippen LogP contribution in [-0.2, 0) is 24.0 Å². The highest BCUT2D eigenvalue weighted by atomic mass is 16.7. The third-order valence-corrected chi connectivity index (χ3v) is 6.84. The van der Waals surface area contributed by atoms with Crippen LogP contribution in [0.1, 0.15) is 23.6 Å². The van der Waals surface area contributed by atoms with Gasteiger partial charge in [0.2, 0.25) is 5.79 Å². The van der Waals surface area contributed by atoms with E-state index in [9.17, 15) is 20.4 Å². The van der Waals surface area contributed by atoms with E-state index in [1.165, 1.54) is 0 Å². The minimum absolute atomic E-state index is 0.390. The summed E-state index contributed by atoms with van der Waals surface area (Å²) in [4.78, 5) is 0. The second kappa shape index (κ2) is 9.75. The zero-order valence-corrected chi connectivity index (χ0v) is 18.8. The molecule has 5 atom stereocenters. The van der Waals surface area contributed by atoms with Gasteiger partial charge in [0, 0.05) is 5.41 Å². The predicted octanol–water partition coefficient (Wildman–Crippen LogP) is 2.89. The summed E-state index contributed by atoms with van der Waals surface area (Å²) >= 11 is 0. The number of rotatable bonds is 7. The summed E-state index contributed by atoms with van der Waals surface area (Å²) in [5.41, 5.74) is 1.87. The van der Waals surface area contributed by atoms with Gasteiger partial charge >= 0.3 is 0 Å². The van der Waals surface area contributed by atoms with Crippen LogP contribution in [-0.4, -0.2) is 50.6 Å². The van der Waals surface area contributed by atoms with E-state index in [1.807, 2.05) is 91.0 Å². The fraction of sp³-hybridized carbons (Fsp3) is 0.357. The van der Waals surface area contributed by atoms with Gasteiger partial charge in [0.1, 0.15) is 18.3 Å². The molecule has 3 aromatic carbocycles. The van der Waals surface area contributed by atoms with Gasteiger partial charge in [0.25, 0.3) is 0 Å². The lowest BCUT2D eigenvalue weighted by Crippen LogP contribution is -2.71. The first-order valence-electron chi connectivity index (χ1n) is 11.4. The molecule has 174 valence electrons. The van der Waals surface area contributed by atoms with Crippen LogP contribution in [0.15, 0.2) is 91.0 Å². The van der Waals surface area contributed by atoms with Crippen LogP contribution in [0.5, 0.6) is 0 Å². The molecule has 0 saturated carbocycles. The van der Waals surface area contributed by atoms with Crippen molar-refractivity contribution >= 4 is 0 Å². The highest BCUT2D eigenvalue weighted by Crippen LogP contribution is 2.48. The largest absolute Gasteiger partial charge is 0.388 e. The van der Waals surface area contributed by atoms with Crippen LogP contribution in [0.4, 0.5) is 0 Å². The van der Waals surface area contributed by atoms with Crippen molar-refractivity contribution in [2.24, 2.45) is 5.41 Å². The Hall–Kier alpha value is -2.54. The number of hydrogen-bond donors (Lipinski definition) is 4. The Morgan fingerprint density at radius 3 is 1.39 bits per heavy atom. The van der Waals surface area contributed by atoms with Gasteiger partial charge in [-0.15, -0.1) is 0 Å². The van der Waals surface area contributed by atoms with Gasteiger partial charge in [-0.3, -0.25) is 0 Å². The topological polar surface area (TPSA) is 90.2 Å². The average molecular weight is 449 g/mol. The number of ether oxygens (including phenoxy) is 1. The second-order valence-electron chi connectivity index (χ2n) is 9.21. The fourth-order valence-electron chi connectivity index (χ4n) is 5.08. The Balaban J connectivity index is 1.89. The number of benzene rings is 3. The van der Waals surface area contributed by atoms with Crippen LogP contribution in [0.25, 0.3) is 0 Å². The maximum absolute atomic E-state index is 12.1. The lowest BCUT2D eigenvalue weighted by atomic mass is 9.63. The van der Waals surface area contributed by atoms with Gasteiger partial charge in [-0.2, -0.15) is 0 Å². The van der Waals surface area contributed by atoms with Crippen molar-refractivity contribution in [2.75, 3.05) is 0 Å². The Morgan fingerprint density at radius 2 is 1.03 bits per heavy atom. The summed E-state index contributed by atoms with van der Waals surface area (Å²) in [6.07, 6.45) is -4.24. The molecule has 0 bridgehead atoms. The second-order valence-corrected chi connectivity index (χ2v) is 9.21. The molecule has 1 fully saturated rings. The summed E-state index contributed by atoms with van der Waals surface area (Å²) in [7, 11) is 0. The van der Waals surface area contributed by atoms with Gasteiger partial charge in [0.15, 0.2) is 0 Å². The summed E-state index contributed by atoms with van der Waals surface area (Å²) < 4.78 is 6.05. The highest BCUT2D eigenvalue weighted by molar-refractivity contribution is 5.27. The van der Waals surface area contributed by atoms with Gasteiger partial charge in [-0.05, 0) is 42.9 Å². The molecule has 4 rings (SSSR count). The lowest BCUT2D eigenvalue weighted by Gasteiger charge is -2.55. The van der Waals surface area contributed by atoms with Crippen molar-refractivity contribution in [3.05, 3.63) is 108 Å². The van der Waals surface area contributed by atoms with E-state index in [-0.39, 0.29) is 0 Å².